The molecule has 0 aromatic carbocycles. The van der Waals surface area contributed by atoms with Crippen LogP contribution in [0.15, 0.2) is 0 Å². The molecule has 0 aliphatic rings. The topological polar surface area (TPSA) is 52.5 Å². The lowest BCUT2D eigenvalue weighted by Gasteiger charge is -2.17. The summed E-state index contributed by atoms with van der Waals surface area (Å²) in [5, 5.41) is 21.4. The van der Waals surface area contributed by atoms with Gasteiger partial charge in [-0.25, -0.2) is 0 Å². The summed E-state index contributed by atoms with van der Waals surface area (Å²) in [6.07, 6.45) is 1.28. The molecule has 1 atom stereocenters. The zero-order valence-electron chi connectivity index (χ0n) is 8.30. The summed E-state index contributed by atoms with van der Waals surface area (Å²) in [6, 6.07) is 0. The smallest absolute Gasteiger partial charge is 0.0603 e. The van der Waals surface area contributed by atoms with Gasteiger partial charge in [-0.05, 0) is 46.7 Å². The molecule has 0 aromatic heterocycles. The van der Waals surface area contributed by atoms with Crippen LogP contribution in [0.1, 0.15) is 33.6 Å². The maximum Gasteiger partial charge on any atom is 0.0603 e. The van der Waals surface area contributed by atoms with E-state index in [9.17, 15) is 5.11 Å². The molecule has 0 aliphatic heterocycles. The number of hydrogen-bond donors (Lipinski definition) is 3. The Labute approximate surface area is 74.8 Å². The van der Waals surface area contributed by atoms with E-state index >= 15 is 0 Å². The molecule has 3 N–H and O–H groups in total. The SMILES string of the molecule is CC(O)CCNCCC(C)(C)O. The van der Waals surface area contributed by atoms with Gasteiger partial charge in [-0.3, -0.25) is 0 Å². The fourth-order valence-electron chi connectivity index (χ4n) is 0.830. The molecule has 12 heavy (non-hydrogen) atoms. The third kappa shape index (κ3) is 9.88. The van der Waals surface area contributed by atoms with Crippen LogP contribution >= 0.6 is 0 Å². The van der Waals surface area contributed by atoms with Crippen LogP contribution in [0.2, 0.25) is 0 Å². The van der Waals surface area contributed by atoms with Crippen LogP contribution in [0.25, 0.3) is 0 Å². The van der Waals surface area contributed by atoms with Gasteiger partial charge in [0.15, 0.2) is 0 Å². The quantitative estimate of drug-likeness (QED) is 0.515. The predicted octanol–water partition coefficient (Wildman–Crippen LogP) is 0.508. The van der Waals surface area contributed by atoms with Crippen molar-refractivity contribution < 1.29 is 10.2 Å². The number of rotatable bonds is 6. The Morgan fingerprint density at radius 2 is 1.92 bits per heavy atom. The van der Waals surface area contributed by atoms with Crippen molar-refractivity contribution in [2.24, 2.45) is 0 Å². The number of aliphatic hydroxyl groups excluding tert-OH is 1. The molecule has 74 valence electrons. The van der Waals surface area contributed by atoms with Crippen molar-refractivity contribution >= 4 is 0 Å². The van der Waals surface area contributed by atoms with Crippen LogP contribution in [0.5, 0.6) is 0 Å². The molecule has 0 saturated carbocycles. The summed E-state index contributed by atoms with van der Waals surface area (Å²) in [7, 11) is 0. The second-order valence-corrected chi connectivity index (χ2v) is 3.95. The van der Waals surface area contributed by atoms with Crippen LogP contribution < -0.4 is 5.32 Å². The van der Waals surface area contributed by atoms with Crippen molar-refractivity contribution in [3.8, 4) is 0 Å². The third-order valence-corrected chi connectivity index (χ3v) is 1.65. The minimum atomic E-state index is -0.585. The van der Waals surface area contributed by atoms with Crippen molar-refractivity contribution in [3.05, 3.63) is 0 Å². The van der Waals surface area contributed by atoms with Gasteiger partial charge in [-0.2, -0.15) is 0 Å². The zero-order chi connectivity index (χ0) is 9.61. The first-order valence-electron chi connectivity index (χ1n) is 4.53. The molecule has 0 bridgehead atoms. The summed E-state index contributed by atoms with van der Waals surface area (Å²) in [5.41, 5.74) is -0.585. The van der Waals surface area contributed by atoms with Crippen molar-refractivity contribution in [1.29, 1.82) is 0 Å². The van der Waals surface area contributed by atoms with Crippen molar-refractivity contribution in [2.75, 3.05) is 13.1 Å². The number of aliphatic hydroxyl groups is 2. The zero-order valence-corrected chi connectivity index (χ0v) is 8.30. The van der Waals surface area contributed by atoms with Gasteiger partial charge in [0.2, 0.25) is 0 Å². The molecule has 1 unspecified atom stereocenters. The van der Waals surface area contributed by atoms with E-state index in [1.54, 1.807) is 20.8 Å². The predicted molar refractivity (Wildman–Crippen MR) is 50.1 cm³/mol. The monoisotopic (exact) mass is 175 g/mol. The van der Waals surface area contributed by atoms with Crippen LogP contribution in [0.4, 0.5) is 0 Å². The molecule has 0 aliphatic carbocycles. The summed E-state index contributed by atoms with van der Waals surface area (Å²) in [5.74, 6) is 0. The maximum absolute atomic E-state index is 9.34. The molecule has 0 amide bonds. The van der Waals surface area contributed by atoms with Crippen LogP contribution in [0, 0.1) is 0 Å². The van der Waals surface area contributed by atoms with Gasteiger partial charge < -0.3 is 15.5 Å². The number of nitrogens with one attached hydrogen (secondary N) is 1. The fourth-order valence-corrected chi connectivity index (χ4v) is 0.830. The number of hydrogen-bond acceptors (Lipinski definition) is 3. The highest BCUT2D eigenvalue weighted by atomic mass is 16.3. The molecule has 0 aromatic rings. The van der Waals surface area contributed by atoms with Gasteiger partial charge in [0.1, 0.15) is 0 Å². The highest BCUT2D eigenvalue weighted by molar-refractivity contribution is 4.66. The second-order valence-electron chi connectivity index (χ2n) is 3.95. The molecule has 3 heteroatoms. The molecule has 0 rings (SSSR count). The van der Waals surface area contributed by atoms with Crippen molar-refractivity contribution in [1.82, 2.24) is 5.32 Å². The van der Waals surface area contributed by atoms with Crippen LogP contribution in [-0.4, -0.2) is 35.0 Å². The lowest BCUT2D eigenvalue weighted by molar-refractivity contribution is 0.0709. The van der Waals surface area contributed by atoms with Gasteiger partial charge in [0.05, 0.1) is 11.7 Å². The lowest BCUT2D eigenvalue weighted by Crippen LogP contribution is -2.28. The summed E-state index contributed by atoms with van der Waals surface area (Å²) in [4.78, 5) is 0. The maximum atomic E-state index is 9.34. The van der Waals surface area contributed by atoms with E-state index in [-0.39, 0.29) is 6.10 Å². The average Bonchev–Trinajstić information content (AvgIpc) is 1.83. The minimum Gasteiger partial charge on any atom is -0.393 e. The van der Waals surface area contributed by atoms with Crippen LogP contribution in [-0.2, 0) is 0 Å². The second kappa shape index (κ2) is 5.51. The molecule has 0 fully saturated rings. The van der Waals surface area contributed by atoms with E-state index in [0.717, 1.165) is 25.9 Å². The highest BCUT2D eigenvalue weighted by Gasteiger charge is 2.10. The molecule has 0 saturated heterocycles. The lowest BCUT2D eigenvalue weighted by atomic mass is 10.1. The Kier molecular flexibility index (Phi) is 5.46. The largest absolute Gasteiger partial charge is 0.393 e. The molecule has 0 radical (unpaired) electrons. The van der Waals surface area contributed by atoms with Gasteiger partial charge in [0.25, 0.3) is 0 Å². The normalized spacial score (nSPS) is 14.8. The van der Waals surface area contributed by atoms with Crippen LogP contribution in [0.3, 0.4) is 0 Å². The average molecular weight is 175 g/mol. The van der Waals surface area contributed by atoms with Gasteiger partial charge >= 0.3 is 0 Å². The van der Waals surface area contributed by atoms with Gasteiger partial charge in [-0.1, -0.05) is 0 Å². The van der Waals surface area contributed by atoms with E-state index in [0.29, 0.717) is 0 Å². The van der Waals surface area contributed by atoms with Crippen molar-refractivity contribution in [2.45, 2.75) is 45.3 Å². The first-order chi connectivity index (χ1) is 5.42. The molecule has 0 spiro atoms. The van der Waals surface area contributed by atoms with E-state index in [4.69, 9.17) is 5.11 Å². The molecule has 0 heterocycles. The van der Waals surface area contributed by atoms with Gasteiger partial charge in [0, 0.05) is 0 Å². The van der Waals surface area contributed by atoms with E-state index in [1.807, 2.05) is 0 Å². The standard InChI is InChI=1S/C9H21NO2/c1-8(11)4-6-10-7-5-9(2,3)12/h8,10-12H,4-7H2,1-3H3. The Bertz CT molecular complexity index is 108. The van der Waals surface area contributed by atoms with E-state index in [2.05, 4.69) is 5.32 Å². The molecular formula is C9H21NO2. The summed E-state index contributed by atoms with van der Waals surface area (Å²) < 4.78 is 0. The Morgan fingerprint density at radius 3 is 2.33 bits per heavy atom. The first kappa shape index (κ1) is 11.9. The van der Waals surface area contributed by atoms with Gasteiger partial charge in [-0.15, -0.1) is 0 Å². The first-order valence-corrected chi connectivity index (χ1v) is 4.53. The highest BCUT2D eigenvalue weighted by Crippen LogP contribution is 2.04. The minimum absolute atomic E-state index is 0.236. The van der Waals surface area contributed by atoms with E-state index in [1.165, 1.54) is 0 Å². The molecular weight excluding hydrogens is 154 g/mol. The van der Waals surface area contributed by atoms with E-state index < -0.39 is 5.60 Å². The fraction of sp³-hybridized carbons (Fsp3) is 1.00. The summed E-state index contributed by atoms with van der Waals surface area (Å²) in [6.45, 7) is 6.98. The Morgan fingerprint density at radius 1 is 1.33 bits per heavy atom. The summed E-state index contributed by atoms with van der Waals surface area (Å²) >= 11 is 0. The Hall–Kier alpha value is -0.120. The van der Waals surface area contributed by atoms with Crippen molar-refractivity contribution in [3.63, 3.8) is 0 Å². The Balaban J connectivity index is 3.12. The third-order valence-electron chi connectivity index (χ3n) is 1.65. The molecule has 3 nitrogen and oxygen atoms in total.